The zero-order chi connectivity index (χ0) is 11.0. The molecule has 0 aromatic carbocycles. The number of hydrogen-bond donors (Lipinski definition) is 2. The van der Waals surface area contributed by atoms with E-state index < -0.39 is 14.3 Å². The van der Waals surface area contributed by atoms with Crippen molar-refractivity contribution in [2.75, 3.05) is 26.2 Å². The molecule has 1 atom stereocenters. The van der Waals surface area contributed by atoms with Gasteiger partial charge in [-0.3, -0.25) is 0 Å². The number of likely N-dealkylation sites (N-methyl/N-ethyl adjacent to an activating group) is 1. The minimum absolute atomic E-state index is 0.310. The third-order valence-corrected chi connectivity index (χ3v) is 2.41. The van der Waals surface area contributed by atoms with Gasteiger partial charge < -0.3 is 10.6 Å². The molecule has 0 saturated heterocycles. The van der Waals surface area contributed by atoms with Gasteiger partial charge in [0.2, 0.25) is 0 Å². The van der Waals surface area contributed by atoms with Gasteiger partial charge in [-0.1, -0.05) is 13.8 Å². The molecule has 82 valence electrons. The predicted octanol–water partition coefficient (Wildman–Crippen LogP) is 0.912. The maximum atomic E-state index is 10.9. The summed E-state index contributed by atoms with van der Waals surface area (Å²) in [4.78, 5) is 2.12. The van der Waals surface area contributed by atoms with Gasteiger partial charge in [0.1, 0.15) is 6.61 Å². The van der Waals surface area contributed by atoms with Crippen LogP contribution < -0.4 is 5.73 Å². The second-order valence-electron chi connectivity index (χ2n) is 2.54. The summed E-state index contributed by atoms with van der Waals surface area (Å²) >= 11 is 0. The van der Waals surface area contributed by atoms with Crippen molar-refractivity contribution in [3.05, 3.63) is 0 Å². The number of nitrogens with one attached hydrogen (secondary N) is 1. The van der Waals surface area contributed by atoms with E-state index in [4.69, 9.17) is 15.7 Å². The van der Waals surface area contributed by atoms with Crippen molar-refractivity contribution >= 4 is 14.3 Å². The summed E-state index contributed by atoms with van der Waals surface area (Å²) in [6, 6.07) is -0.589. The lowest BCUT2D eigenvalue weighted by Crippen LogP contribution is -2.26. The van der Waals surface area contributed by atoms with E-state index in [1.165, 1.54) is 0 Å². The lowest BCUT2D eigenvalue weighted by molar-refractivity contribution is 0.213. The highest BCUT2D eigenvalue weighted by Crippen LogP contribution is 2.22. The quantitative estimate of drug-likeness (QED) is 0.379. The first kappa shape index (κ1) is 13.3. The van der Waals surface area contributed by atoms with Crippen molar-refractivity contribution in [1.82, 2.24) is 4.90 Å². The largest absolute Gasteiger partial charge is 0.753 e. The maximum Gasteiger partial charge on any atom is 0.753 e. The van der Waals surface area contributed by atoms with Crippen LogP contribution in [0.15, 0.2) is 0 Å². The molecule has 0 aromatic rings. The number of rotatable bonds is 7. The third kappa shape index (κ3) is 6.77. The smallest absolute Gasteiger partial charge is 0.350 e. The van der Waals surface area contributed by atoms with Gasteiger partial charge in [-0.05, 0) is 13.1 Å². The molecule has 0 spiro atoms. The van der Waals surface area contributed by atoms with Crippen LogP contribution in [0, 0.1) is 5.41 Å². The highest BCUT2D eigenvalue weighted by Gasteiger charge is 2.22. The van der Waals surface area contributed by atoms with Gasteiger partial charge in [0.15, 0.2) is 0 Å². The predicted molar refractivity (Wildman–Crippen MR) is 54.3 cm³/mol. The zero-order valence-corrected chi connectivity index (χ0v) is 9.42. The van der Waals surface area contributed by atoms with Crippen molar-refractivity contribution in [3.8, 4) is 0 Å². The second-order valence-corrected chi connectivity index (χ2v) is 3.43. The first-order valence-electron chi connectivity index (χ1n) is 4.44. The lowest BCUT2D eigenvalue weighted by atomic mass is 10.5. The van der Waals surface area contributed by atoms with E-state index in [0.717, 1.165) is 13.1 Å². The Labute approximate surface area is 84.8 Å². The summed E-state index contributed by atoms with van der Waals surface area (Å²) in [5.41, 5.74) is 4.86. The highest BCUT2D eigenvalue weighted by molar-refractivity contribution is 7.34. The Morgan fingerprint density at radius 3 is 2.50 bits per heavy atom. The van der Waals surface area contributed by atoms with Gasteiger partial charge in [-0.15, -0.1) is 4.52 Å². The van der Waals surface area contributed by atoms with Crippen LogP contribution >= 0.6 is 8.25 Å². The first-order chi connectivity index (χ1) is 6.60. The average molecular weight is 222 g/mol. The lowest BCUT2D eigenvalue weighted by Gasteiger charge is -2.15. The Hall–Kier alpha value is -0.710. The molecule has 3 N–H and O–H groups in total. The van der Waals surface area contributed by atoms with Crippen LogP contribution in [0.2, 0.25) is 0 Å². The molecule has 0 aromatic heterocycles. The van der Waals surface area contributed by atoms with Crippen LogP contribution in [0.4, 0.5) is 0 Å². The van der Waals surface area contributed by atoms with Gasteiger partial charge in [0, 0.05) is 11.1 Å². The molecule has 0 rings (SSSR count). The topological polar surface area (TPSA) is 88.6 Å². The van der Waals surface area contributed by atoms with Crippen molar-refractivity contribution in [2.45, 2.75) is 13.8 Å². The fourth-order valence-electron chi connectivity index (χ4n) is 0.891. The highest BCUT2D eigenvalue weighted by atomic mass is 31.1. The first-order valence-corrected chi connectivity index (χ1v) is 5.54. The molecule has 0 radical (unpaired) electrons. The van der Waals surface area contributed by atoms with E-state index in [1.807, 2.05) is 13.8 Å². The van der Waals surface area contributed by atoms with E-state index in [1.54, 1.807) is 0 Å². The SMILES string of the molecule is CCN(CC)CCO[P+](=O)OC(=N)N. The Bertz CT molecular complexity index is 197. The average Bonchev–Trinajstić information content (AvgIpc) is 2.11. The standard InChI is InChI=1S/C7H17N3O3P/c1-3-10(4-2)5-6-12-14(11)13-7(8)9/h3-6H2,1-2H3,(H3,8,9)/q+1. The minimum atomic E-state index is -2.29. The number of nitrogens with zero attached hydrogens (tertiary/aromatic N) is 1. The molecule has 0 saturated carbocycles. The number of nitrogens with two attached hydrogens (primary N) is 1. The van der Waals surface area contributed by atoms with Gasteiger partial charge in [-0.25, -0.2) is 5.41 Å². The van der Waals surface area contributed by atoms with Crippen molar-refractivity contribution in [1.29, 1.82) is 5.41 Å². The van der Waals surface area contributed by atoms with E-state index in [-0.39, 0.29) is 0 Å². The minimum Gasteiger partial charge on any atom is -0.350 e. The van der Waals surface area contributed by atoms with Crippen LogP contribution in [-0.2, 0) is 13.6 Å². The number of amidine groups is 1. The van der Waals surface area contributed by atoms with Gasteiger partial charge in [0.05, 0.1) is 0 Å². The molecule has 0 aliphatic rings. The van der Waals surface area contributed by atoms with Gasteiger partial charge >= 0.3 is 14.3 Å². The van der Waals surface area contributed by atoms with E-state index in [9.17, 15) is 4.57 Å². The molecule has 0 aliphatic heterocycles. The van der Waals surface area contributed by atoms with Crippen molar-refractivity contribution in [3.63, 3.8) is 0 Å². The summed E-state index contributed by atoms with van der Waals surface area (Å²) in [6.45, 7) is 6.92. The molecule has 6 nitrogen and oxygen atoms in total. The van der Waals surface area contributed by atoms with Gasteiger partial charge in [0.25, 0.3) is 0 Å². The van der Waals surface area contributed by atoms with Crippen LogP contribution in [0.1, 0.15) is 13.8 Å². The number of hydrogen-bond acceptors (Lipinski definition) is 5. The molecule has 0 amide bonds. The Morgan fingerprint density at radius 2 is 2.07 bits per heavy atom. The molecule has 0 heterocycles. The van der Waals surface area contributed by atoms with Crippen LogP contribution in [0.3, 0.4) is 0 Å². The molecule has 14 heavy (non-hydrogen) atoms. The Balaban J connectivity index is 3.52. The van der Waals surface area contributed by atoms with Crippen LogP contribution in [0.5, 0.6) is 0 Å². The summed E-state index contributed by atoms with van der Waals surface area (Å²) in [7, 11) is -2.29. The normalized spacial score (nSPS) is 11.5. The van der Waals surface area contributed by atoms with E-state index >= 15 is 0 Å². The molecular formula is C7H17N3O3P+. The fourth-order valence-corrected chi connectivity index (χ4v) is 1.33. The van der Waals surface area contributed by atoms with E-state index in [0.29, 0.717) is 13.2 Å². The summed E-state index contributed by atoms with van der Waals surface area (Å²) in [5, 5.41) is 6.70. The Morgan fingerprint density at radius 1 is 1.50 bits per heavy atom. The van der Waals surface area contributed by atoms with Gasteiger partial charge in [-0.2, -0.15) is 4.52 Å². The van der Waals surface area contributed by atoms with Crippen LogP contribution in [-0.4, -0.2) is 37.2 Å². The fraction of sp³-hybridized carbons (Fsp3) is 0.857. The molecule has 0 fully saturated rings. The molecule has 1 unspecified atom stereocenters. The molecule has 7 heteroatoms. The summed E-state index contributed by atoms with van der Waals surface area (Å²) in [6.07, 6.45) is 0. The third-order valence-electron chi connectivity index (χ3n) is 1.67. The maximum absolute atomic E-state index is 10.9. The Kier molecular flexibility index (Phi) is 7.28. The van der Waals surface area contributed by atoms with E-state index in [2.05, 4.69) is 9.42 Å². The summed E-state index contributed by atoms with van der Waals surface area (Å²) < 4.78 is 20.0. The zero-order valence-electron chi connectivity index (χ0n) is 8.52. The van der Waals surface area contributed by atoms with Crippen LogP contribution in [0.25, 0.3) is 0 Å². The molecule has 0 bridgehead atoms. The summed E-state index contributed by atoms with van der Waals surface area (Å²) in [5.74, 6) is 0. The second kappa shape index (κ2) is 7.67. The molecular weight excluding hydrogens is 205 g/mol. The van der Waals surface area contributed by atoms with Crippen molar-refractivity contribution in [2.24, 2.45) is 5.73 Å². The van der Waals surface area contributed by atoms with Crippen molar-refractivity contribution < 1.29 is 13.6 Å². The molecule has 0 aliphatic carbocycles. The monoisotopic (exact) mass is 222 g/mol.